The monoisotopic (exact) mass is 738 g/mol. The van der Waals surface area contributed by atoms with Gasteiger partial charge in [0, 0.05) is 54.7 Å². The number of aryl methyl sites for hydroxylation is 1. The summed E-state index contributed by atoms with van der Waals surface area (Å²) in [5.41, 5.74) is 4.15. The second-order valence-electron chi connectivity index (χ2n) is 14.2. The summed E-state index contributed by atoms with van der Waals surface area (Å²) >= 11 is 0. The van der Waals surface area contributed by atoms with Gasteiger partial charge in [-0.15, -0.1) is 0 Å². The minimum Gasteiger partial charge on any atom is -0.495 e. The number of fused-ring (bicyclic) bond motifs is 1. The van der Waals surface area contributed by atoms with Crippen molar-refractivity contribution in [2.75, 3.05) is 57.6 Å². The van der Waals surface area contributed by atoms with E-state index < -0.39 is 42.5 Å². The number of rotatable bonds is 13. The first-order valence-corrected chi connectivity index (χ1v) is 18.1. The number of amides is 1. The van der Waals surface area contributed by atoms with Crippen molar-refractivity contribution in [3.8, 4) is 17.6 Å². The smallest absolute Gasteiger partial charge is 0.389 e. The van der Waals surface area contributed by atoms with Crippen LogP contribution in [-0.2, 0) is 25.5 Å². The normalized spacial score (nSPS) is 20.7. The number of nitrogens with one attached hydrogen (secondary N) is 3. The topological polar surface area (TPSA) is 118 Å². The van der Waals surface area contributed by atoms with Gasteiger partial charge in [0.25, 0.3) is 5.91 Å². The quantitative estimate of drug-likeness (QED) is 0.166. The Kier molecular flexibility index (Phi) is 13.3. The number of nitrogens with zero attached hydrogens (tertiary/aromatic N) is 1. The maximum Gasteiger partial charge on any atom is 0.389 e. The van der Waals surface area contributed by atoms with E-state index in [1.165, 1.54) is 39.9 Å². The van der Waals surface area contributed by atoms with Crippen LogP contribution in [0.4, 0.5) is 24.5 Å². The average Bonchev–Trinajstić information content (AvgIpc) is 3.96. The molecule has 1 saturated carbocycles. The van der Waals surface area contributed by atoms with E-state index in [0.29, 0.717) is 41.8 Å². The van der Waals surface area contributed by atoms with Crippen molar-refractivity contribution in [3.05, 3.63) is 58.7 Å². The van der Waals surface area contributed by atoms with Gasteiger partial charge in [-0.3, -0.25) is 14.4 Å². The molecule has 3 N–H and O–H groups in total. The fourth-order valence-electron chi connectivity index (χ4n) is 7.20. The molecule has 2 aromatic rings. The van der Waals surface area contributed by atoms with Gasteiger partial charge in [-0.1, -0.05) is 24.0 Å². The molecule has 2 unspecified atom stereocenters. The number of benzene rings is 2. The van der Waals surface area contributed by atoms with Crippen molar-refractivity contribution < 1.29 is 41.8 Å². The summed E-state index contributed by atoms with van der Waals surface area (Å²) in [7, 11) is 3.61. The van der Waals surface area contributed by atoms with Gasteiger partial charge in [0.2, 0.25) is 0 Å². The Labute approximate surface area is 309 Å². The molecule has 0 radical (unpaired) electrons. The number of halogens is 3. The van der Waals surface area contributed by atoms with Crippen molar-refractivity contribution in [1.82, 2.24) is 10.2 Å². The molecule has 5 rings (SSSR count). The maximum absolute atomic E-state index is 13.8. The Balaban J connectivity index is 1.30. The number of piperidine rings is 1. The standard InChI is InChI=1S/C40H49F3N4O6/c1-25(48)52-24-32(53-26(2)49)22-45-39(50)30-14-15-37(38(20-30)51-4)44-17-6-8-29-19-33-27(12-13-31(29)21-40(41,42)43)7-5-9-35(33)46-36-16-18-47(3)23-34(36)28-10-11-28/h5,7,9,14-15,19-20,28,31-32,34,36,44,46H,10-13,16-18,21-24H2,1-4H3,(H,45,50)/t31?,32?,34-,36-/m1/s1. The van der Waals surface area contributed by atoms with Crippen LogP contribution in [-0.4, -0.2) is 88.0 Å². The molecular weight excluding hydrogens is 689 g/mol. The second kappa shape index (κ2) is 17.9. The predicted octanol–water partition coefficient (Wildman–Crippen LogP) is 6.08. The number of ether oxygens (including phenoxy) is 3. The summed E-state index contributed by atoms with van der Waals surface area (Å²) in [6.45, 7) is 4.30. The fraction of sp³-hybridized carbons (Fsp3) is 0.525. The summed E-state index contributed by atoms with van der Waals surface area (Å²) < 4.78 is 57.0. The average molecular weight is 739 g/mol. The van der Waals surface area contributed by atoms with Crippen LogP contribution in [0, 0.1) is 29.6 Å². The maximum atomic E-state index is 13.8. The van der Waals surface area contributed by atoms with E-state index >= 15 is 0 Å². The minimum atomic E-state index is -4.34. The summed E-state index contributed by atoms with van der Waals surface area (Å²) in [5.74, 6) is 5.36. The number of likely N-dealkylation sites (tertiary alicyclic amines) is 1. The van der Waals surface area contributed by atoms with Crippen molar-refractivity contribution in [2.45, 2.75) is 70.7 Å². The Morgan fingerprint density at radius 3 is 2.53 bits per heavy atom. The molecule has 2 aliphatic carbocycles. The lowest BCUT2D eigenvalue weighted by Gasteiger charge is -2.38. The van der Waals surface area contributed by atoms with Crippen LogP contribution in [0.25, 0.3) is 6.08 Å². The van der Waals surface area contributed by atoms with Crippen molar-refractivity contribution in [3.63, 3.8) is 0 Å². The van der Waals surface area contributed by atoms with E-state index in [9.17, 15) is 27.6 Å². The molecule has 3 aliphatic rings. The molecule has 53 heavy (non-hydrogen) atoms. The highest BCUT2D eigenvalue weighted by atomic mass is 19.4. The van der Waals surface area contributed by atoms with Crippen LogP contribution in [0.3, 0.4) is 0 Å². The molecule has 10 nitrogen and oxygen atoms in total. The Morgan fingerprint density at radius 1 is 1.04 bits per heavy atom. The first-order valence-electron chi connectivity index (χ1n) is 18.1. The van der Waals surface area contributed by atoms with E-state index in [2.05, 4.69) is 39.7 Å². The van der Waals surface area contributed by atoms with Gasteiger partial charge >= 0.3 is 18.1 Å². The highest BCUT2D eigenvalue weighted by molar-refractivity contribution is 5.95. The first kappa shape index (κ1) is 39.5. The zero-order valence-corrected chi connectivity index (χ0v) is 30.7. The number of esters is 2. The van der Waals surface area contributed by atoms with Crippen molar-refractivity contribution in [2.24, 2.45) is 17.8 Å². The van der Waals surface area contributed by atoms with Gasteiger partial charge in [0.1, 0.15) is 12.4 Å². The lowest BCUT2D eigenvalue weighted by atomic mass is 9.87. The molecule has 1 heterocycles. The van der Waals surface area contributed by atoms with Gasteiger partial charge < -0.3 is 35.1 Å². The second-order valence-corrected chi connectivity index (χ2v) is 14.2. The molecule has 1 amide bonds. The van der Waals surface area contributed by atoms with E-state index in [1.807, 2.05) is 24.3 Å². The lowest BCUT2D eigenvalue weighted by Crippen LogP contribution is -2.45. The van der Waals surface area contributed by atoms with Crippen LogP contribution in [0.5, 0.6) is 5.75 Å². The lowest BCUT2D eigenvalue weighted by molar-refractivity contribution is -0.155. The number of carbonyl (C=O) groups is 3. The first-order chi connectivity index (χ1) is 25.3. The van der Waals surface area contributed by atoms with Gasteiger partial charge in [-0.25, -0.2) is 0 Å². The molecule has 0 spiro atoms. The Morgan fingerprint density at radius 2 is 1.83 bits per heavy atom. The van der Waals surface area contributed by atoms with E-state index in [-0.39, 0.29) is 25.3 Å². The third-order valence-corrected chi connectivity index (χ3v) is 9.96. The summed E-state index contributed by atoms with van der Waals surface area (Å²) in [4.78, 5) is 37.9. The molecule has 0 bridgehead atoms. The van der Waals surface area contributed by atoms with Crippen molar-refractivity contribution >= 4 is 35.3 Å². The summed E-state index contributed by atoms with van der Waals surface area (Å²) in [6, 6.07) is 11.1. The van der Waals surface area contributed by atoms with Crippen LogP contribution < -0.4 is 20.7 Å². The van der Waals surface area contributed by atoms with Crippen molar-refractivity contribution in [1.29, 1.82) is 0 Å². The molecule has 0 aromatic heterocycles. The largest absolute Gasteiger partial charge is 0.495 e. The van der Waals surface area contributed by atoms with Crippen LogP contribution >= 0.6 is 0 Å². The minimum absolute atomic E-state index is 0.0873. The third kappa shape index (κ3) is 11.6. The van der Waals surface area contributed by atoms with E-state index in [0.717, 1.165) is 42.2 Å². The zero-order valence-electron chi connectivity index (χ0n) is 30.7. The van der Waals surface area contributed by atoms with Gasteiger partial charge in [0.15, 0.2) is 6.10 Å². The van der Waals surface area contributed by atoms with Crippen LogP contribution in [0.2, 0.25) is 0 Å². The summed E-state index contributed by atoms with van der Waals surface area (Å²) in [5, 5.41) is 9.64. The SMILES string of the molecule is COc1cc(C(=O)NCC(COC(C)=O)OC(C)=O)ccc1NCC#CC1=Cc2c(cccc2N[C@@H]2CCN(C)C[C@@H]2C2CC2)CCC1CC(F)(F)F. The number of allylic oxidation sites excluding steroid dienone is 1. The van der Waals surface area contributed by atoms with Gasteiger partial charge in [-0.2, -0.15) is 13.2 Å². The Hall–Kier alpha value is -4.70. The number of methoxy groups -OCH3 is 1. The highest BCUT2D eigenvalue weighted by Gasteiger charge is 2.40. The molecular formula is C40H49F3N4O6. The van der Waals surface area contributed by atoms with Crippen LogP contribution in [0.15, 0.2) is 42.0 Å². The van der Waals surface area contributed by atoms with Gasteiger partial charge in [-0.05, 0) is 93.4 Å². The summed E-state index contributed by atoms with van der Waals surface area (Å²) in [6.07, 6.45) is 0.103. The number of anilines is 2. The number of alkyl halides is 3. The third-order valence-electron chi connectivity index (χ3n) is 9.96. The number of carbonyl (C=O) groups excluding carboxylic acids is 3. The molecule has 4 atom stereocenters. The highest BCUT2D eigenvalue weighted by Crippen LogP contribution is 2.43. The number of hydrogen-bond donors (Lipinski definition) is 3. The number of hydrogen-bond acceptors (Lipinski definition) is 9. The van der Waals surface area contributed by atoms with E-state index in [1.54, 1.807) is 12.1 Å². The zero-order chi connectivity index (χ0) is 38.1. The van der Waals surface area contributed by atoms with Gasteiger partial charge in [0.05, 0.1) is 32.3 Å². The molecule has 2 aromatic carbocycles. The fourth-order valence-corrected chi connectivity index (χ4v) is 7.20. The Bertz CT molecular complexity index is 1730. The molecule has 286 valence electrons. The van der Waals surface area contributed by atoms with Crippen LogP contribution in [0.1, 0.15) is 67.4 Å². The predicted molar refractivity (Wildman–Crippen MR) is 196 cm³/mol. The van der Waals surface area contributed by atoms with E-state index in [4.69, 9.17) is 14.2 Å². The molecule has 2 fully saturated rings. The molecule has 1 aliphatic heterocycles. The molecule has 13 heteroatoms. The molecule has 1 saturated heterocycles.